The summed E-state index contributed by atoms with van der Waals surface area (Å²) < 4.78 is 11.6. The third-order valence-electron chi connectivity index (χ3n) is 6.16. The summed E-state index contributed by atoms with van der Waals surface area (Å²) in [6.07, 6.45) is 11.3. The summed E-state index contributed by atoms with van der Waals surface area (Å²) >= 11 is 0. The fourth-order valence-corrected chi connectivity index (χ4v) is 4.11. The molecule has 0 radical (unpaired) electrons. The molecule has 0 aromatic carbocycles. The molecule has 1 aromatic heterocycles. The van der Waals surface area contributed by atoms with Crippen molar-refractivity contribution in [1.82, 2.24) is 14.8 Å². The van der Waals surface area contributed by atoms with E-state index in [1.165, 1.54) is 0 Å². The molecule has 0 N–H and O–H groups in total. The predicted molar refractivity (Wildman–Crippen MR) is 168 cm³/mol. The van der Waals surface area contributed by atoms with E-state index in [2.05, 4.69) is 48.6 Å². The smallest absolute Gasteiger partial charge is 0.410 e. The number of aryl methyl sites for hydroxylation is 1. The molecule has 1 aliphatic rings. The zero-order valence-electron chi connectivity index (χ0n) is 26.8. The van der Waals surface area contributed by atoms with Crippen LogP contribution in [0.2, 0.25) is 0 Å². The highest BCUT2D eigenvalue weighted by atomic mass is 16.6. The minimum absolute atomic E-state index is 0.244. The number of ether oxygens (including phenoxy) is 2. The molecule has 1 aliphatic heterocycles. The van der Waals surface area contributed by atoms with Crippen LogP contribution in [0.4, 0.5) is 4.79 Å². The van der Waals surface area contributed by atoms with Crippen molar-refractivity contribution in [2.45, 2.75) is 93.6 Å². The van der Waals surface area contributed by atoms with E-state index in [1.54, 1.807) is 17.2 Å². The average Bonchev–Trinajstić information content (AvgIpc) is 2.95. The number of aromatic nitrogens is 1. The number of piperazine rings is 1. The Morgan fingerprint density at radius 3 is 2.32 bits per heavy atom. The van der Waals surface area contributed by atoms with Crippen molar-refractivity contribution < 1.29 is 14.3 Å². The molecular weight excluding hydrogens is 514 g/mol. The molecule has 0 saturated carbocycles. The summed E-state index contributed by atoms with van der Waals surface area (Å²) in [5.41, 5.74) is 4.30. The molecule has 1 amide bonds. The van der Waals surface area contributed by atoms with Gasteiger partial charge in [0.1, 0.15) is 11.4 Å². The van der Waals surface area contributed by atoms with Crippen LogP contribution in [0.1, 0.15) is 92.8 Å². The van der Waals surface area contributed by atoms with Crippen molar-refractivity contribution in [2.24, 2.45) is 4.99 Å². The Morgan fingerprint density at radius 1 is 1.12 bits per heavy atom. The predicted octanol–water partition coefficient (Wildman–Crippen LogP) is 7.43. The first-order chi connectivity index (χ1) is 19.5. The summed E-state index contributed by atoms with van der Waals surface area (Å²) in [6, 6.07) is 5.64. The van der Waals surface area contributed by atoms with Gasteiger partial charge in [-0.3, -0.25) is 9.98 Å². The molecule has 1 fully saturated rings. The molecule has 8 heteroatoms. The lowest BCUT2D eigenvalue weighted by Crippen LogP contribution is -2.49. The molecule has 1 saturated heterocycles. The van der Waals surface area contributed by atoms with Crippen LogP contribution in [0.5, 0.6) is 0 Å². The molecule has 226 valence electrons. The minimum Gasteiger partial charge on any atom is -0.493 e. The molecule has 0 aliphatic carbocycles. The standard InChI is InChI=1S/C24H41N3O3.C9H10N2/c1-9-12-13-25-19(4)22(21(11-3)29-18-10-2)20(5)26-14-16-27(17-15-26)23(28)30-24(6,7)8;1-2-3-9-6-8(7-10)4-5-11-9/h11-13H,9-10,14-18H2,1-8H3;4-6H,2-3H2,1H3/b13-12+,21-11+,22-20-,25-19+;. The number of rotatable bonds is 10. The molecule has 8 nitrogen and oxygen atoms in total. The maximum atomic E-state index is 12.4. The third kappa shape index (κ3) is 13.1. The van der Waals surface area contributed by atoms with Gasteiger partial charge in [-0.2, -0.15) is 5.26 Å². The normalized spacial score (nSPS) is 15.1. The Labute approximate surface area is 248 Å². The lowest BCUT2D eigenvalue weighted by molar-refractivity contribution is 0.0168. The van der Waals surface area contributed by atoms with Crippen LogP contribution in [0, 0.1) is 11.3 Å². The molecule has 0 unspecified atom stereocenters. The van der Waals surface area contributed by atoms with Crippen LogP contribution in [0.25, 0.3) is 0 Å². The number of aliphatic imine (C=N–C) groups is 1. The first kappa shape index (κ1) is 35.4. The van der Waals surface area contributed by atoms with Crippen molar-refractivity contribution >= 4 is 11.8 Å². The lowest BCUT2D eigenvalue weighted by atomic mass is 10.1. The summed E-state index contributed by atoms with van der Waals surface area (Å²) in [5.74, 6) is 0.857. The van der Waals surface area contributed by atoms with E-state index >= 15 is 0 Å². The van der Waals surface area contributed by atoms with E-state index in [0.717, 1.165) is 67.2 Å². The van der Waals surface area contributed by atoms with Crippen molar-refractivity contribution in [2.75, 3.05) is 32.8 Å². The molecule has 0 bridgehead atoms. The Morgan fingerprint density at radius 2 is 1.78 bits per heavy atom. The molecular formula is C33H51N5O3. The fourth-order valence-electron chi connectivity index (χ4n) is 4.11. The van der Waals surface area contributed by atoms with Crippen molar-refractivity contribution in [3.05, 3.63) is 65.0 Å². The number of carbonyl (C=O) groups excluding carboxylic acids is 1. The van der Waals surface area contributed by atoms with Gasteiger partial charge in [-0.05, 0) is 79.0 Å². The van der Waals surface area contributed by atoms with Gasteiger partial charge in [0.2, 0.25) is 0 Å². The van der Waals surface area contributed by atoms with Gasteiger partial charge in [0, 0.05) is 55.7 Å². The minimum atomic E-state index is -0.478. The van der Waals surface area contributed by atoms with Crippen LogP contribution < -0.4 is 0 Å². The average molecular weight is 566 g/mol. The first-order valence-electron chi connectivity index (χ1n) is 14.8. The summed E-state index contributed by atoms with van der Waals surface area (Å²) in [7, 11) is 0. The Kier molecular flexibility index (Phi) is 16.2. The Balaban J connectivity index is 0.000000634. The number of nitriles is 1. The van der Waals surface area contributed by atoms with Gasteiger partial charge in [-0.25, -0.2) is 4.79 Å². The number of allylic oxidation sites excluding steroid dienone is 4. The summed E-state index contributed by atoms with van der Waals surface area (Å²) in [5, 5.41) is 8.55. The monoisotopic (exact) mass is 565 g/mol. The van der Waals surface area contributed by atoms with E-state index in [0.29, 0.717) is 25.3 Å². The third-order valence-corrected chi connectivity index (χ3v) is 6.16. The van der Waals surface area contributed by atoms with Crippen LogP contribution in [0.3, 0.4) is 0 Å². The van der Waals surface area contributed by atoms with E-state index < -0.39 is 5.60 Å². The van der Waals surface area contributed by atoms with Crippen LogP contribution in [-0.4, -0.2) is 65.0 Å². The molecule has 0 atom stereocenters. The van der Waals surface area contributed by atoms with Crippen molar-refractivity contribution in [3.8, 4) is 6.07 Å². The number of hydrogen-bond donors (Lipinski definition) is 0. The highest BCUT2D eigenvalue weighted by Gasteiger charge is 2.27. The molecule has 1 aromatic rings. The number of amides is 1. The SMILES string of the molecule is CCCc1cc(C#N)ccn1.C\C=C(OCCC)/C(=C(/C)N1CCN(C(=O)OC(C)(C)C)CC1)C(/C)=N/C=C/CC. The topological polar surface area (TPSA) is 91.1 Å². The van der Waals surface area contributed by atoms with Gasteiger partial charge < -0.3 is 19.3 Å². The second-order valence-corrected chi connectivity index (χ2v) is 10.8. The van der Waals surface area contributed by atoms with Crippen molar-refractivity contribution in [1.29, 1.82) is 5.26 Å². The van der Waals surface area contributed by atoms with Gasteiger partial charge >= 0.3 is 6.09 Å². The fraction of sp³-hybridized carbons (Fsp3) is 0.576. The number of pyridine rings is 1. The lowest BCUT2D eigenvalue weighted by Gasteiger charge is -2.38. The van der Waals surface area contributed by atoms with E-state index in [9.17, 15) is 4.79 Å². The first-order valence-corrected chi connectivity index (χ1v) is 14.8. The van der Waals surface area contributed by atoms with Gasteiger partial charge in [0.15, 0.2) is 0 Å². The number of nitrogens with zero attached hydrogens (tertiary/aromatic N) is 5. The Bertz CT molecular complexity index is 1110. The summed E-state index contributed by atoms with van der Waals surface area (Å²) in [4.78, 5) is 25.2. The molecule has 2 heterocycles. The van der Waals surface area contributed by atoms with Crippen LogP contribution >= 0.6 is 0 Å². The van der Waals surface area contributed by atoms with E-state index in [-0.39, 0.29) is 6.09 Å². The highest BCUT2D eigenvalue weighted by Crippen LogP contribution is 2.23. The van der Waals surface area contributed by atoms with E-state index in [1.807, 2.05) is 59.0 Å². The maximum Gasteiger partial charge on any atom is 0.410 e. The van der Waals surface area contributed by atoms with Gasteiger partial charge in [-0.15, -0.1) is 0 Å². The molecule has 41 heavy (non-hydrogen) atoms. The largest absolute Gasteiger partial charge is 0.493 e. The van der Waals surface area contributed by atoms with Gasteiger partial charge in [0.05, 0.1) is 23.8 Å². The van der Waals surface area contributed by atoms with Crippen LogP contribution in [0.15, 0.2) is 58.7 Å². The van der Waals surface area contributed by atoms with Gasteiger partial charge in [-0.1, -0.05) is 33.3 Å². The quantitative estimate of drug-likeness (QED) is 0.166. The molecule has 2 rings (SSSR count). The maximum absolute atomic E-state index is 12.4. The summed E-state index contributed by atoms with van der Waals surface area (Å²) in [6.45, 7) is 21.5. The zero-order chi connectivity index (χ0) is 30.8. The molecule has 0 spiro atoms. The Hall–Kier alpha value is -3.60. The second kappa shape index (κ2) is 18.7. The van der Waals surface area contributed by atoms with E-state index in [4.69, 9.17) is 14.7 Å². The second-order valence-electron chi connectivity index (χ2n) is 10.8. The van der Waals surface area contributed by atoms with Gasteiger partial charge in [0.25, 0.3) is 0 Å². The van der Waals surface area contributed by atoms with Crippen LogP contribution in [-0.2, 0) is 15.9 Å². The number of hydrogen-bond acceptors (Lipinski definition) is 7. The zero-order valence-corrected chi connectivity index (χ0v) is 26.8. The highest BCUT2D eigenvalue weighted by molar-refractivity contribution is 6.02. The van der Waals surface area contributed by atoms with Crippen molar-refractivity contribution in [3.63, 3.8) is 0 Å². The number of carbonyl (C=O) groups is 1.